The maximum atomic E-state index is 5.74. The Morgan fingerprint density at radius 3 is 2.75 bits per heavy atom. The van der Waals surface area contributed by atoms with Crippen molar-refractivity contribution in [2.24, 2.45) is 10.7 Å². The van der Waals surface area contributed by atoms with Crippen LogP contribution in [0.5, 0.6) is 0 Å². The van der Waals surface area contributed by atoms with E-state index in [0.717, 1.165) is 11.3 Å². The largest absolute Gasteiger partial charge is 0.399 e. The third-order valence-electron chi connectivity index (χ3n) is 2.53. The van der Waals surface area contributed by atoms with Gasteiger partial charge >= 0.3 is 0 Å². The Hall–Kier alpha value is -1.26. The quantitative estimate of drug-likeness (QED) is 0.728. The predicted octanol–water partition coefficient (Wildman–Crippen LogP) is 1.29. The van der Waals surface area contributed by atoms with Crippen molar-refractivity contribution in [2.75, 3.05) is 18.9 Å². The average molecular weight is 242 g/mol. The molecule has 88 valence electrons. The van der Waals surface area contributed by atoms with Crippen LogP contribution in [-0.4, -0.2) is 19.0 Å². The van der Waals surface area contributed by atoms with Crippen LogP contribution in [0.3, 0.4) is 0 Å². The van der Waals surface area contributed by atoms with Gasteiger partial charge in [0.05, 0.1) is 6.61 Å². The summed E-state index contributed by atoms with van der Waals surface area (Å²) in [6, 6.07) is 7.66. The van der Waals surface area contributed by atoms with Crippen LogP contribution in [-0.2, 0) is 10.3 Å². The molecule has 1 aromatic rings. The van der Waals surface area contributed by atoms with Gasteiger partial charge in [-0.25, -0.2) is 0 Å². The van der Waals surface area contributed by atoms with Crippen LogP contribution in [0.25, 0.3) is 0 Å². The second kappa shape index (κ2) is 4.72. The van der Waals surface area contributed by atoms with Gasteiger partial charge in [-0.05, 0) is 24.6 Å². The van der Waals surface area contributed by atoms with Crippen LogP contribution >= 0.6 is 12.4 Å². The molecule has 1 aromatic carbocycles. The minimum absolute atomic E-state index is 0. The van der Waals surface area contributed by atoms with Crippen LogP contribution in [0.15, 0.2) is 29.3 Å². The second-order valence-electron chi connectivity index (χ2n) is 4.00. The van der Waals surface area contributed by atoms with Gasteiger partial charge in [0.1, 0.15) is 18.0 Å². The molecule has 0 saturated heterocycles. The van der Waals surface area contributed by atoms with Crippen molar-refractivity contribution in [3.8, 4) is 0 Å². The smallest absolute Gasteiger partial charge is 0.121 e. The fourth-order valence-electron chi connectivity index (χ4n) is 1.76. The van der Waals surface area contributed by atoms with Gasteiger partial charge < -0.3 is 16.2 Å². The molecule has 16 heavy (non-hydrogen) atoms. The number of ether oxygens (including phenoxy) is 1. The molecule has 0 aliphatic carbocycles. The van der Waals surface area contributed by atoms with Crippen LogP contribution in [0.4, 0.5) is 5.69 Å². The summed E-state index contributed by atoms with van der Waals surface area (Å²) in [4.78, 5) is 4.44. The highest BCUT2D eigenvalue weighted by atomic mass is 35.5. The summed E-state index contributed by atoms with van der Waals surface area (Å²) in [5, 5.41) is 0. The highest BCUT2D eigenvalue weighted by molar-refractivity contribution is 5.85. The first-order valence-corrected chi connectivity index (χ1v) is 4.88. The lowest BCUT2D eigenvalue weighted by molar-refractivity contribution is 0.106. The lowest BCUT2D eigenvalue weighted by Crippen LogP contribution is -2.37. The van der Waals surface area contributed by atoms with Gasteiger partial charge in [0.25, 0.3) is 0 Å². The maximum absolute atomic E-state index is 5.74. The predicted molar refractivity (Wildman–Crippen MR) is 67.9 cm³/mol. The number of rotatable bonds is 1. The number of nitrogens with zero attached hydrogens (tertiary/aromatic N) is 1. The highest BCUT2D eigenvalue weighted by Gasteiger charge is 2.29. The zero-order valence-corrected chi connectivity index (χ0v) is 9.96. The Morgan fingerprint density at radius 1 is 1.38 bits per heavy atom. The Kier molecular flexibility index (Phi) is 3.78. The molecule has 0 saturated carbocycles. The Bertz CT molecular complexity index is 408. The molecule has 0 bridgehead atoms. The van der Waals surface area contributed by atoms with Gasteiger partial charge in [0.15, 0.2) is 0 Å². The van der Waals surface area contributed by atoms with Gasteiger partial charge in [0.2, 0.25) is 0 Å². The molecule has 0 aromatic heterocycles. The van der Waals surface area contributed by atoms with Crippen molar-refractivity contribution < 1.29 is 4.74 Å². The molecular formula is C11H16ClN3O. The van der Waals surface area contributed by atoms with E-state index in [-0.39, 0.29) is 12.4 Å². The van der Waals surface area contributed by atoms with Crippen molar-refractivity contribution in [1.82, 2.24) is 0 Å². The van der Waals surface area contributed by atoms with Crippen LogP contribution in [0.1, 0.15) is 12.5 Å². The minimum atomic E-state index is -0.405. The molecule has 4 nitrogen and oxygen atoms in total. The molecule has 0 radical (unpaired) electrons. The Morgan fingerprint density at radius 2 is 2.12 bits per heavy atom. The monoisotopic (exact) mass is 241 g/mol. The lowest BCUT2D eigenvalue weighted by Gasteiger charge is -2.30. The number of nitrogen functional groups attached to an aromatic ring is 1. The van der Waals surface area contributed by atoms with Crippen LogP contribution in [0.2, 0.25) is 0 Å². The third kappa shape index (κ3) is 2.46. The fourth-order valence-corrected chi connectivity index (χ4v) is 1.76. The molecule has 0 unspecified atom stereocenters. The van der Waals surface area contributed by atoms with E-state index >= 15 is 0 Å². The number of halogens is 1. The summed E-state index contributed by atoms with van der Waals surface area (Å²) in [7, 11) is 0. The van der Waals surface area contributed by atoms with Crippen molar-refractivity contribution >= 4 is 23.9 Å². The number of hydrogen-bond acceptors (Lipinski definition) is 4. The van der Waals surface area contributed by atoms with Crippen molar-refractivity contribution in [1.29, 1.82) is 0 Å². The van der Waals surface area contributed by atoms with E-state index in [9.17, 15) is 0 Å². The third-order valence-corrected chi connectivity index (χ3v) is 2.53. The van der Waals surface area contributed by atoms with E-state index in [0.29, 0.717) is 19.0 Å². The number of anilines is 1. The van der Waals surface area contributed by atoms with E-state index in [1.54, 1.807) is 0 Å². The number of hydrogen-bond donors (Lipinski definition) is 2. The van der Waals surface area contributed by atoms with Crippen LogP contribution in [0, 0.1) is 0 Å². The topological polar surface area (TPSA) is 73.6 Å². The number of nitrogens with two attached hydrogens (primary N) is 2. The van der Waals surface area contributed by atoms with Crippen molar-refractivity contribution in [3.63, 3.8) is 0 Å². The fraction of sp³-hybridized carbons (Fsp3) is 0.364. The molecule has 2 rings (SSSR count). The van der Waals surface area contributed by atoms with Crippen LogP contribution < -0.4 is 11.5 Å². The summed E-state index contributed by atoms with van der Waals surface area (Å²) in [5.41, 5.74) is 12.8. The van der Waals surface area contributed by atoms with Gasteiger partial charge in [-0.1, -0.05) is 12.1 Å². The molecule has 4 N–H and O–H groups in total. The summed E-state index contributed by atoms with van der Waals surface area (Å²) >= 11 is 0. The summed E-state index contributed by atoms with van der Waals surface area (Å²) in [6.45, 7) is 2.95. The molecular weight excluding hydrogens is 226 g/mol. The molecule has 0 spiro atoms. The van der Waals surface area contributed by atoms with E-state index in [2.05, 4.69) is 4.99 Å². The lowest BCUT2D eigenvalue weighted by atomic mass is 9.92. The molecule has 1 heterocycles. The molecule has 1 aliphatic rings. The summed E-state index contributed by atoms with van der Waals surface area (Å²) in [6.07, 6.45) is 0. The van der Waals surface area contributed by atoms with E-state index < -0.39 is 5.54 Å². The van der Waals surface area contributed by atoms with E-state index in [1.165, 1.54) is 0 Å². The first kappa shape index (κ1) is 12.8. The number of aliphatic imine (C=N–C) groups is 1. The van der Waals surface area contributed by atoms with Gasteiger partial charge in [-0.15, -0.1) is 12.4 Å². The molecule has 1 aliphatic heterocycles. The zero-order chi connectivity index (χ0) is 10.9. The van der Waals surface area contributed by atoms with Crippen molar-refractivity contribution in [3.05, 3.63) is 29.8 Å². The Balaban J connectivity index is 0.00000128. The van der Waals surface area contributed by atoms with Crippen molar-refractivity contribution in [2.45, 2.75) is 12.5 Å². The summed E-state index contributed by atoms with van der Waals surface area (Å²) < 4.78 is 5.40. The molecule has 0 amide bonds. The molecule has 5 heteroatoms. The SMILES string of the molecule is C[C@]1(c2cccc(N)c2)COCC(N)=N1.Cl. The molecule has 0 fully saturated rings. The maximum Gasteiger partial charge on any atom is 0.121 e. The standard InChI is InChI=1S/C11H15N3O.ClH/c1-11(7-15-6-10(13)14-11)8-3-2-4-9(12)5-8;/h2-5H,6-7,12H2,1H3,(H2,13,14);1H/t11-;/m1./s1. The van der Waals surface area contributed by atoms with Gasteiger partial charge in [0, 0.05) is 5.69 Å². The second-order valence-corrected chi connectivity index (χ2v) is 4.00. The Labute approximate surface area is 101 Å². The van der Waals surface area contributed by atoms with Gasteiger partial charge in [-0.3, -0.25) is 4.99 Å². The highest BCUT2D eigenvalue weighted by Crippen LogP contribution is 2.29. The number of amidine groups is 1. The van der Waals surface area contributed by atoms with E-state index in [1.807, 2.05) is 31.2 Å². The average Bonchev–Trinajstić information content (AvgIpc) is 2.17. The van der Waals surface area contributed by atoms with Gasteiger partial charge in [-0.2, -0.15) is 0 Å². The summed E-state index contributed by atoms with van der Waals surface area (Å²) in [5.74, 6) is 0.533. The first-order chi connectivity index (χ1) is 7.10. The zero-order valence-electron chi connectivity index (χ0n) is 9.14. The van der Waals surface area contributed by atoms with E-state index in [4.69, 9.17) is 16.2 Å². The first-order valence-electron chi connectivity index (χ1n) is 4.88. The minimum Gasteiger partial charge on any atom is -0.399 e. The normalized spacial score (nSPS) is 24.4. The molecule has 1 atom stereocenters. The number of benzene rings is 1.